The van der Waals surface area contributed by atoms with E-state index in [4.69, 9.17) is 0 Å². The summed E-state index contributed by atoms with van der Waals surface area (Å²) in [6.45, 7) is 0. The van der Waals surface area contributed by atoms with Crippen molar-refractivity contribution < 1.29 is 0 Å². The third-order valence-electron chi connectivity index (χ3n) is 3.83. The minimum Gasteiger partial charge on any atom is -0.378 e. The number of rotatable bonds is 2. The molecule has 2 aromatic carbocycles. The summed E-state index contributed by atoms with van der Waals surface area (Å²) >= 11 is 1.66. The van der Waals surface area contributed by atoms with E-state index in [2.05, 4.69) is 29.2 Å². The second kappa shape index (κ2) is 6.66. The third kappa shape index (κ3) is 2.93. The minimum absolute atomic E-state index is 0.144. The standard InChI is InChI=1S/C20H15N3S/c1-23(2)16-9-7-14(8-10-16)20-11-18(15(12-21)13-22)17-5-3-4-6-19(17)24-20/h3-11H,1-2H3. The first-order valence-corrected chi connectivity index (χ1v) is 8.27. The monoisotopic (exact) mass is 329 g/mol. The lowest BCUT2D eigenvalue weighted by atomic mass is 9.99. The van der Waals surface area contributed by atoms with Crippen molar-refractivity contribution in [1.82, 2.24) is 0 Å². The van der Waals surface area contributed by atoms with Crippen LogP contribution >= 0.6 is 11.8 Å². The van der Waals surface area contributed by atoms with Crippen molar-refractivity contribution in [2.24, 2.45) is 0 Å². The van der Waals surface area contributed by atoms with Gasteiger partial charge in [0.2, 0.25) is 0 Å². The normalized spacial score (nSPS) is 12.5. The molecule has 3 rings (SSSR count). The number of fused-ring (bicyclic) bond motifs is 1. The van der Waals surface area contributed by atoms with Crippen LogP contribution in [0.3, 0.4) is 0 Å². The molecule has 0 saturated heterocycles. The molecular weight excluding hydrogens is 314 g/mol. The Morgan fingerprint density at radius 1 is 0.958 bits per heavy atom. The molecule has 1 aliphatic heterocycles. The Kier molecular flexibility index (Phi) is 4.42. The summed E-state index contributed by atoms with van der Waals surface area (Å²) in [6, 6.07) is 20.2. The van der Waals surface area contributed by atoms with Crippen LogP contribution < -0.4 is 4.90 Å². The van der Waals surface area contributed by atoms with Gasteiger partial charge in [-0.15, -0.1) is 0 Å². The van der Waals surface area contributed by atoms with Gasteiger partial charge in [0.15, 0.2) is 0 Å². The van der Waals surface area contributed by atoms with Gasteiger partial charge < -0.3 is 4.90 Å². The Morgan fingerprint density at radius 3 is 2.25 bits per heavy atom. The van der Waals surface area contributed by atoms with E-state index in [9.17, 15) is 10.5 Å². The van der Waals surface area contributed by atoms with Gasteiger partial charge in [-0.05, 0) is 35.4 Å². The Hall–Kier alpha value is -2.95. The van der Waals surface area contributed by atoms with Crippen molar-refractivity contribution in [1.29, 1.82) is 10.5 Å². The van der Waals surface area contributed by atoms with Gasteiger partial charge in [0.25, 0.3) is 0 Å². The molecule has 0 aromatic heterocycles. The SMILES string of the molecule is CN(C)c1ccc(C2=CC(=C(C#N)C#N)c3ccccc3S2)cc1. The van der Waals surface area contributed by atoms with Crippen LogP contribution in [-0.4, -0.2) is 14.1 Å². The zero-order chi connectivity index (χ0) is 17.1. The molecule has 24 heavy (non-hydrogen) atoms. The third-order valence-corrected chi connectivity index (χ3v) is 4.98. The van der Waals surface area contributed by atoms with Gasteiger partial charge in [-0.2, -0.15) is 10.5 Å². The van der Waals surface area contributed by atoms with Crippen LogP contribution in [0.15, 0.2) is 65.1 Å². The fourth-order valence-electron chi connectivity index (χ4n) is 2.55. The maximum Gasteiger partial charge on any atom is 0.137 e. The molecule has 0 N–H and O–H groups in total. The van der Waals surface area contributed by atoms with Crippen LogP contribution in [0.1, 0.15) is 11.1 Å². The zero-order valence-corrected chi connectivity index (χ0v) is 14.3. The summed E-state index contributed by atoms with van der Waals surface area (Å²) in [5.74, 6) is 0. The first kappa shape index (κ1) is 15.9. The Balaban J connectivity index is 2.12. The van der Waals surface area contributed by atoms with Crippen LogP contribution in [-0.2, 0) is 0 Å². The average Bonchev–Trinajstić information content (AvgIpc) is 2.62. The van der Waals surface area contributed by atoms with Crippen LogP contribution in [0.4, 0.5) is 5.69 Å². The van der Waals surface area contributed by atoms with Crippen molar-refractivity contribution in [2.75, 3.05) is 19.0 Å². The molecule has 0 spiro atoms. The summed E-state index contributed by atoms with van der Waals surface area (Å²) in [7, 11) is 4.01. The summed E-state index contributed by atoms with van der Waals surface area (Å²) in [6.07, 6.45) is 1.94. The molecule has 0 saturated carbocycles. The number of thioether (sulfide) groups is 1. The number of hydrogen-bond donors (Lipinski definition) is 0. The predicted octanol–water partition coefficient (Wildman–Crippen LogP) is 4.70. The molecule has 1 heterocycles. The maximum atomic E-state index is 9.29. The highest BCUT2D eigenvalue weighted by Crippen LogP contribution is 2.45. The highest BCUT2D eigenvalue weighted by Gasteiger charge is 2.19. The fraction of sp³-hybridized carbons (Fsp3) is 0.100. The Bertz CT molecular complexity index is 907. The largest absolute Gasteiger partial charge is 0.378 e. The van der Waals surface area contributed by atoms with Crippen LogP contribution in [0, 0.1) is 22.7 Å². The van der Waals surface area contributed by atoms with Gasteiger partial charge in [0.1, 0.15) is 17.7 Å². The number of benzene rings is 2. The van der Waals surface area contributed by atoms with Crippen LogP contribution in [0.2, 0.25) is 0 Å². The lowest BCUT2D eigenvalue weighted by molar-refractivity contribution is 1.13. The highest BCUT2D eigenvalue weighted by molar-refractivity contribution is 8.08. The smallest absolute Gasteiger partial charge is 0.137 e. The number of nitriles is 2. The van der Waals surface area contributed by atoms with E-state index in [-0.39, 0.29) is 5.57 Å². The molecule has 0 bridgehead atoms. The van der Waals surface area contributed by atoms with Crippen molar-refractivity contribution in [3.8, 4) is 12.1 Å². The molecule has 0 radical (unpaired) electrons. The van der Waals surface area contributed by atoms with Crippen LogP contribution in [0.5, 0.6) is 0 Å². The second-order valence-corrected chi connectivity index (χ2v) is 6.64. The number of anilines is 1. The minimum atomic E-state index is 0.144. The molecule has 0 amide bonds. The zero-order valence-electron chi connectivity index (χ0n) is 13.4. The first-order chi connectivity index (χ1) is 11.6. The van der Waals surface area contributed by atoms with Crippen molar-refractivity contribution >= 4 is 27.9 Å². The molecule has 1 aliphatic rings. The molecule has 0 fully saturated rings. The van der Waals surface area contributed by atoms with Gasteiger partial charge in [-0.25, -0.2) is 0 Å². The molecule has 116 valence electrons. The molecule has 2 aromatic rings. The van der Waals surface area contributed by atoms with Crippen molar-refractivity contribution in [2.45, 2.75) is 4.90 Å². The van der Waals surface area contributed by atoms with Gasteiger partial charge in [0, 0.05) is 35.2 Å². The van der Waals surface area contributed by atoms with Crippen LogP contribution in [0.25, 0.3) is 10.5 Å². The molecule has 0 atom stereocenters. The van der Waals surface area contributed by atoms with E-state index in [1.54, 1.807) is 11.8 Å². The first-order valence-electron chi connectivity index (χ1n) is 7.45. The molecular formula is C20H15N3S. The molecule has 0 unspecified atom stereocenters. The van der Waals surface area contributed by atoms with E-state index >= 15 is 0 Å². The maximum absolute atomic E-state index is 9.29. The number of nitrogens with zero attached hydrogens (tertiary/aromatic N) is 3. The summed E-state index contributed by atoms with van der Waals surface area (Å²) in [4.78, 5) is 4.15. The number of hydrogen-bond acceptors (Lipinski definition) is 4. The van der Waals surface area contributed by atoms with E-state index in [0.29, 0.717) is 5.57 Å². The average molecular weight is 329 g/mol. The fourth-order valence-corrected chi connectivity index (χ4v) is 3.66. The Morgan fingerprint density at radius 2 is 1.62 bits per heavy atom. The molecule has 3 nitrogen and oxygen atoms in total. The predicted molar refractivity (Wildman–Crippen MR) is 99.2 cm³/mol. The summed E-state index contributed by atoms with van der Waals surface area (Å²) in [5, 5.41) is 18.6. The molecule has 4 heteroatoms. The Labute approximate surface area is 146 Å². The summed E-state index contributed by atoms with van der Waals surface area (Å²) < 4.78 is 0. The van der Waals surface area contributed by atoms with E-state index in [1.807, 2.05) is 56.6 Å². The van der Waals surface area contributed by atoms with Gasteiger partial charge in [-0.3, -0.25) is 0 Å². The van der Waals surface area contributed by atoms with Crippen molar-refractivity contribution in [3.63, 3.8) is 0 Å². The second-order valence-electron chi connectivity index (χ2n) is 5.56. The van der Waals surface area contributed by atoms with Gasteiger partial charge in [-0.1, -0.05) is 42.1 Å². The topological polar surface area (TPSA) is 50.8 Å². The quantitative estimate of drug-likeness (QED) is 0.749. The van der Waals surface area contributed by atoms with E-state index in [1.165, 1.54) is 0 Å². The lowest BCUT2D eigenvalue weighted by Gasteiger charge is -2.20. The van der Waals surface area contributed by atoms with E-state index in [0.717, 1.165) is 26.6 Å². The van der Waals surface area contributed by atoms with Crippen molar-refractivity contribution in [3.05, 3.63) is 71.3 Å². The molecule has 0 aliphatic carbocycles. The lowest BCUT2D eigenvalue weighted by Crippen LogP contribution is -2.08. The number of allylic oxidation sites excluding steroid dienone is 3. The highest BCUT2D eigenvalue weighted by atomic mass is 32.2. The van der Waals surface area contributed by atoms with Gasteiger partial charge in [0.05, 0.1) is 0 Å². The van der Waals surface area contributed by atoms with E-state index < -0.39 is 0 Å². The van der Waals surface area contributed by atoms with Gasteiger partial charge >= 0.3 is 0 Å². The summed E-state index contributed by atoms with van der Waals surface area (Å²) in [5.41, 5.74) is 3.99.